The number of nitrogens with zero attached hydrogens (tertiary/aromatic N) is 1. The van der Waals surface area contributed by atoms with Crippen molar-refractivity contribution in [3.05, 3.63) is 62.8 Å². The van der Waals surface area contributed by atoms with Crippen LogP contribution in [0.4, 0.5) is 0 Å². The number of nitrogens with one attached hydrogen (secondary N) is 1. The van der Waals surface area contributed by atoms with Crippen molar-refractivity contribution in [3.63, 3.8) is 0 Å². The Hall–Kier alpha value is -1.39. The number of H-pyrrole nitrogens is 1. The Labute approximate surface area is 131 Å². The molecule has 0 saturated heterocycles. The van der Waals surface area contributed by atoms with Crippen LogP contribution in [0.25, 0.3) is 11.0 Å². The van der Waals surface area contributed by atoms with E-state index in [1.54, 1.807) is 0 Å². The highest BCUT2D eigenvalue weighted by Crippen LogP contribution is 2.20. The molecule has 0 atom stereocenters. The van der Waals surface area contributed by atoms with Crippen molar-refractivity contribution in [3.8, 4) is 0 Å². The lowest BCUT2D eigenvalue weighted by Gasteiger charge is -2.06. The van der Waals surface area contributed by atoms with Crippen LogP contribution in [0.5, 0.6) is 0 Å². The molecule has 20 heavy (non-hydrogen) atoms. The van der Waals surface area contributed by atoms with E-state index >= 15 is 0 Å². The van der Waals surface area contributed by atoms with E-state index in [0.29, 0.717) is 0 Å². The zero-order valence-corrected chi connectivity index (χ0v) is 13.6. The zero-order valence-electron chi connectivity index (χ0n) is 11.2. The third-order valence-corrected chi connectivity index (χ3v) is 4.26. The van der Waals surface area contributed by atoms with Gasteiger partial charge in [0.2, 0.25) is 0 Å². The Morgan fingerprint density at radius 3 is 2.85 bits per heavy atom. The molecule has 2 aromatic carbocycles. The number of rotatable bonds is 3. The van der Waals surface area contributed by atoms with Gasteiger partial charge in [-0.25, -0.2) is 0 Å². The van der Waals surface area contributed by atoms with E-state index in [0.717, 1.165) is 33.2 Å². The molecular weight excluding hydrogens is 332 g/mol. The second kappa shape index (κ2) is 5.54. The molecular formula is C16H15BrN2S. The number of hydrogen-bond acceptors (Lipinski definition) is 1. The van der Waals surface area contributed by atoms with Gasteiger partial charge in [0.05, 0.1) is 11.0 Å². The van der Waals surface area contributed by atoms with E-state index in [-0.39, 0.29) is 0 Å². The largest absolute Gasteiger partial charge is 0.331 e. The van der Waals surface area contributed by atoms with Gasteiger partial charge in [-0.15, -0.1) is 0 Å². The predicted octanol–water partition coefficient (Wildman–Crippen LogP) is 5.01. The molecule has 2 nitrogen and oxygen atoms in total. The van der Waals surface area contributed by atoms with Crippen molar-refractivity contribution >= 4 is 39.2 Å². The number of benzene rings is 2. The lowest BCUT2D eigenvalue weighted by molar-refractivity contribution is 0.706. The molecule has 0 fully saturated rings. The molecule has 1 heterocycles. The number of hydrogen-bond donors (Lipinski definition) is 1. The average Bonchev–Trinajstić information content (AvgIpc) is 2.71. The quantitative estimate of drug-likeness (QED) is 0.661. The van der Waals surface area contributed by atoms with Gasteiger partial charge >= 0.3 is 0 Å². The first-order valence-corrected chi connectivity index (χ1v) is 7.77. The predicted molar refractivity (Wildman–Crippen MR) is 89.7 cm³/mol. The molecule has 0 aliphatic heterocycles. The maximum Gasteiger partial charge on any atom is 0.178 e. The topological polar surface area (TPSA) is 20.7 Å². The second-order valence-electron chi connectivity index (χ2n) is 4.98. The van der Waals surface area contributed by atoms with Crippen LogP contribution in [0.2, 0.25) is 0 Å². The van der Waals surface area contributed by atoms with Gasteiger partial charge in [0, 0.05) is 11.0 Å². The Kier molecular flexibility index (Phi) is 3.76. The van der Waals surface area contributed by atoms with E-state index in [1.807, 2.05) is 6.07 Å². The molecule has 3 aromatic rings. The van der Waals surface area contributed by atoms with Crippen LogP contribution in [0.3, 0.4) is 0 Å². The number of imidazole rings is 1. The van der Waals surface area contributed by atoms with Crippen LogP contribution in [-0.4, -0.2) is 9.55 Å². The highest BCUT2D eigenvalue weighted by molar-refractivity contribution is 9.10. The molecule has 0 unspecified atom stereocenters. The van der Waals surface area contributed by atoms with Crippen LogP contribution in [-0.2, 0) is 13.0 Å². The third kappa shape index (κ3) is 2.72. The number of halogens is 1. The summed E-state index contributed by atoms with van der Waals surface area (Å²) >= 11 is 8.92. The van der Waals surface area contributed by atoms with Gasteiger partial charge in [-0.2, -0.15) is 0 Å². The van der Waals surface area contributed by atoms with Crippen molar-refractivity contribution in [1.29, 1.82) is 0 Å². The van der Waals surface area contributed by atoms with Gasteiger partial charge < -0.3 is 9.55 Å². The van der Waals surface area contributed by atoms with Crippen molar-refractivity contribution in [2.75, 3.05) is 0 Å². The molecule has 0 aliphatic carbocycles. The minimum absolute atomic E-state index is 0.783. The first-order valence-electron chi connectivity index (χ1n) is 6.57. The molecule has 3 rings (SSSR count). The first kappa shape index (κ1) is 13.6. The maximum atomic E-state index is 5.43. The molecule has 1 N–H and O–H groups in total. The van der Waals surface area contributed by atoms with E-state index in [4.69, 9.17) is 12.2 Å². The summed E-state index contributed by atoms with van der Waals surface area (Å²) < 4.78 is 4.01. The average molecular weight is 347 g/mol. The molecule has 0 amide bonds. The fourth-order valence-corrected chi connectivity index (χ4v) is 3.13. The summed E-state index contributed by atoms with van der Waals surface area (Å²) in [5.41, 5.74) is 4.88. The van der Waals surface area contributed by atoms with Gasteiger partial charge in [0.1, 0.15) is 0 Å². The lowest BCUT2D eigenvalue weighted by Crippen LogP contribution is -2.01. The van der Waals surface area contributed by atoms with Crippen molar-refractivity contribution < 1.29 is 0 Å². The summed E-state index contributed by atoms with van der Waals surface area (Å²) in [4.78, 5) is 3.26. The molecule has 0 aliphatic rings. The molecule has 102 valence electrons. The van der Waals surface area contributed by atoms with Crippen molar-refractivity contribution in [1.82, 2.24) is 9.55 Å². The highest BCUT2D eigenvalue weighted by Gasteiger charge is 2.05. The molecule has 0 spiro atoms. The van der Waals surface area contributed by atoms with Crippen LogP contribution < -0.4 is 0 Å². The Morgan fingerprint density at radius 1 is 1.20 bits per heavy atom. The van der Waals surface area contributed by atoms with Crippen LogP contribution >= 0.6 is 28.1 Å². The third-order valence-electron chi connectivity index (χ3n) is 3.44. The lowest BCUT2D eigenvalue weighted by atomic mass is 10.1. The number of fused-ring (bicyclic) bond motifs is 1. The molecule has 0 saturated carbocycles. The molecule has 0 radical (unpaired) electrons. The normalized spacial score (nSPS) is 11.1. The van der Waals surface area contributed by atoms with Gasteiger partial charge in [0.25, 0.3) is 0 Å². The fraction of sp³-hybridized carbons (Fsp3) is 0.188. The summed E-state index contributed by atoms with van der Waals surface area (Å²) in [5, 5.41) is 0. The molecule has 1 aromatic heterocycles. The van der Waals surface area contributed by atoms with Crippen molar-refractivity contribution in [2.24, 2.45) is 0 Å². The molecule has 0 bridgehead atoms. The minimum atomic E-state index is 0.783. The summed E-state index contributed by atoms with van der Waals surface area (Å²) in [6.07, 6.45) is 0.985. The summed E-state index contributed by atoms with van der Waals surface area (Å²) in [6.45, 7) is 3.02. The highest BCUT2D eigenvalue weighted by atomic mass is 79.9. The summed E-state index contributed by atoms with van der Waals surface area (Å²) in [6, 6.07) is 14.8. The van der Waals surface area contributed by atoms with Crippen LogP contribution in [0.1, 0.15) is 11.1 Å². The van der Waals surface area contributed by atoms with Crippen LogP contribution in [0, 0.1) is 11.7 Å². The van der Waals surface area contributed by atoms with E-state index in [1.165, 1.54) is 11.1 Å². The van der Waals surface area contributed by atoms with Gasteiger partial charge in [-0.3, -0.25) is 0 Å². The SMILES string of the molecule is Cc1cccc(CCn2c(=S)[nH]c3cc(Br)ccc32)c1. The van der Waals surface area contributed by atoms with E-state index in [9.17, 15) is 0 Å². The Morgan fingerprint density at radius 2 is 2.05 bits per heavy atom. The van der Waals surface area contributed by atoms with Crippen LogP contribution in [0.15, 0.2) is 46.9 Å². The number of aryl methyl sites for hydroxylation is 3. The fourth-order valence-electron chi connectivity index (χ4n) is 2.47. The number of aromatic nitrogens is 2. The minimum Gasteiger partial charge on any atom is -0.331 e. The first-order chi connectivity index (χ1) is 9.63. The zero-order chi connectivity index (χ0) is 14.1. The standard InChI is InChI=1S/C16H15BrN2S/c1-11-3-2-4-12(9-11)7-8-19-15-6-5-13(17)10-14(15)18-16(19)20/h2-6,9-10H,7-8H2,1H3,(H,18,20). The number of aromatic amines is 1. The Balaban J connectivity index is 1.91. The van der Waals surface area contributed by atoms with Gasteiger partial charge in [-0.1, -0.05) is 45.8 Å². The smallest absolute Gasteiger partial charge is 0.178 e. The van der Waals surface area contributed by atoms with Crippen molar-refractivity contribution in [2.45, 2.75) is 19.9 Å². The van der Waals surface area contributed by atoms with E-state index in [2.05, 4.69) is 68.8 Å². The van der Waals surface area contributed by atoms with E-state index < -0.39 is 0 Å². The summed E-state index contributed by atoms with van der Waals surface area (Å²) in [7, 11) is 0. The van der Waals surface area contributed by atoms with Gasteiger partial charge in [0.15, 0.2) is 4.77 Å². The maximum absolute atomic E-state index is 5.43. The monoisotopic (exact) mass is 346 g/mol. The summed E-state index contributed by atoms with van der Waals surface area (Å²) in [5.74, 6) is 0. The van der Waals surface area contributed by atoms with Gasteiger partial charge in [-0.05, 0) is 49.3 Å². The second-order valence-corrected chi connectivity index (χ2v) is 6.28. The Bertz CT molecular complexity index is 817. The molecule has 4 heteroatoms.